The van der Waals surface area contributed by atoms with Crippen molar-refractivity contribution in [3.05, 3.63) is 36.4 Å². The first-order chi connectivity index (χ1) is 10.00. The summed E-state index contributed by atoms with van der Waals surface area (Å²) in [5, 5.41) is 9.55. The molecular weight excluding hydrogens is 302 g/mol. The Balaban J connectivity index is 1.85. The molecule has 0 bridgehead atoms. The lowest BCUT2D eigenvalue weighted by Crippen LogP contribution is -2.11. The molecule has 2 rings (SSSR count). The van der Waals surface area contributed by atoms with Crippen molar-refractivity contribution >= 4 is 15.5 Å². The Bertz CT molecular complexity index is 657. The summed E-state index contributed by atoms with van der Waals surface area (Å²) >= 11 is 0. The van der Waals surface area contributed by atoms with Gasteiger partial charge in [-0.3, -0.25) is 5.10 Å². The summed E-state index contributed by atoms with van der Waals surface area (Å²) < 4.78 is 47.2. The minimum absolute atomic E-state index is 0.385. The van der Waals surface area contributed by atoms with Crippen LogP contribution in [0.4, 0.5) is 14.5 Å². The fourth-order valence-corrected chi connectivity index (χ4v) is 2.43. The maximum atomic E-state index is 12.4. The summed E-state index contributed by atoms with van der Waals surface area (Å²) in [7, 11) is -4.53. The van der Waals surface area contributed by atoms with Gasteiger partial charge in [0.2, 0.25) is 9.84 Å². The molecule has 0 saturated heterocycles. The summed E-state index contributed by atoms with van der Waals surface area (Å²) in [6.07, 6.45) is 2.96. The highest BCUT2D eigenvalue weighted by Crippen LogP contribution is 2.20. The molecule has 2 N–H and O–H groups in total. The summed E-state index contributed by atoms with van der Waals surface area (Å²) in [6.45, 7) is 0.641. The van der Waals surface area contributed by atoms with Crippen molar-refractivity contribution in [2.24, 2.45) is 0 Å². The number of H-pyrrole nitrogens is 1. The van der Waals surface area contributed by atoms with Gasteiger partial charge in [0.05, 0.1) is 4.90 Å². The zero-order valence-electron chi connectivity index (χ0n) is 11.0. The number of hydrogen-bond donors (Lipinski definition) is 2. The molecule has 0 saturated carbocycles. The van der Waals surface area contributed by atoms with E-state index in [9.17, 15) is 17.2 Å². The van der Waals surface area contributed by atoms with E-state index in [0.717, 1.165) is 18.7 Å². The minimum atomic E-state index is -4.53. The number of aryl methyl sites for hydroxylation is 1. The third-order valence-electron chi connectivity index (χ3n) is 2.80. The highest BCUT2D eigenvalue weighted by molar-refractivity contribution is 7.91. The van der Waals surface area contributed by atoms with Crippen molar-refractivity contribution in [1.29, 1.82) is 0 Å². The highest BCUT2D eigenvalue weighted by atomic mass is 32.2. The van der Waals surface area contributed by atoms with Crippen molar-refractivity contribution in [3.8, 4) is 0 Å². The summed E-state index contributed by atoms with van der Waals surface area (Å²) in [6, 6.07) is 5.26. The van der Waals surface area contributed by atoms with Crippen LogP contribution in [0.3, 0.4) is 0 Å². The van der Waals surface area contributed by atoms with E-state index in [4.69, 9.17) is 0 Å². The minimum Gasteiger partial charge on any atom is -0.385 e. The van der Waals surface area contributed by atoms with Gasteiger partial charge in [0.15, 0.2) is 0 Å². The maximum absolute atomic E-state index is 12.4. The topological polar surface area (TPSA) is 87.7 Å². The number of nitrogens with one attached hydrogen (secondary N) is 2. The van der Waals surface area contributed by atoms with E-state index in [2.05, 4.69) is 20.5 Å². The van der Waals surface area contributed by atoms with Crippen LogP contribution >= 0.6 is 0 Å². The van der Waals surface area contributed by atoms with Crippen LogP contribution in [0.5, 0.6) is 0 Å². The Labute approximate surface area is 120 Å². The van der Waals surface area contributed by atoms with Gasteiger partial charge in [-0.2, -0.15) is 13.9 Å². The van der Waals surface area contributed by atoms with Crippen LogP contribution in [0.15, 0.2) is 35.5 Å². The summed E-state index contributed by atoms with van der Waals surface area (Å²) in [4.78, 5) is 3.60. The molecule has 21 heavy (non-hydrogen) atoms. The molecule has 0 fully saturated rings. The largest absolute Gasteiger partial charge is 0.385 e. The average Bonchev–Trinajstić information content (AvgIpc) is 2.97. The number of benzene rings is 1. The van der Waals surface area contributed by atoms with E-state index in [1.165, 1.54) is 30.6 Å². The lowest BCUT2D eigenvalue weighted by Gasteiger charge is -2.07. The second-order valence-corrected chi connectivity index (χ2v) is 6.21. The van der Waals surface area contributed by atoms with Crippen LogP contribution in [0.1, 0.15) is 12.2 Å². The Morgan fingerprint density at radius 3 is 2.52 bits per heavy atom. The van der Waals surface area contributed by atoms with E-state index < -0.39 is 15.6 Å². The fourth-order valence-electron chi connectivity index (χ4n) is 1.71. The van der Waals surface area contributed by atoms with Gasteiger partial charge in [-0.15, -0.1) is 0 Å². The molecule has 1 aromatic carbocycles. The number of aromatic nitrogens is 3. The highest BCUT2D eigenvalue weighted by Gasteiger charge is 2.26. The Hall–Kier alpha value is -2.03. The fraction of sp³-hybridized carbons (Fsp3) is 0.333. The molecule has 0 spiro atoms. The van der Waals surface area contributed by atoms with E-state index in [1.54, 1.807) is 0 Å². The molecule has 0 aliphatic carbocycles. The van der Waals surface area contributed by atoms with Crippen molar-refractivity contribution in [2.45, 2.75) is 23.5 Å². The molecule has 0 unspecified atom stereocenters. The first kappa shape index (κ1) is 15.4. The van der Waals surface area contributed by atoms with Crippen LogP contribution < -0.4 is 5.32 Å². The van der Waals surface area contributed by atoms with Gasteiger partial charge in [0.1, 0.15) is 12.2 Å². The third-order valence-corrected chi connectivity index (χ3v) is 4.20. The maximum Gasteiger partial charge on any atom is 0.341 e. The second-order valence-electron chi connectivity index (χ2n) is 4.29. The second kappa shape index (κ2) is 6.61. The quantitative estimate of drug-likeness (QED) is 0.761. The Morgan fingerprint density at radius 2 is 1.95 bits per heavy atom. The van der Waals surface area contributed by atoms with E-state index in [-0.39, 0.29) is 4.90 Å². The molecule has 0 radical (unpaired) electrons. The van der Waals surface area contributed by atoms with Gasteiger partial charge in [-0.1, -0.05) is 0 Å². The Morgan fingerprint density at radius 1 is 1.24 bits per heavy atom. The average molecular weight is 316 g/mol. The van der Waals surface area contributed by atoms with Gasteiger partial charge in [-0.05, 0) is 30.7 Å². The first-order valence-corrected chi connectivity index (χ1v) is 7.75. The molecule has 2 aromatic rings. The number of aromatic amines is 1. The first-order valence-electron chi connectivity index (χ1n) is 6.20. The monoisotopic (exact) mass is 316 g/mol. The van der Waals surface area contributed by atoms with Gasteiger partial charge in [0.25, 0.3) is 0 Å². The molecule has 1 aromatic heterocycles. The van der Waals surface area contributed by atoms with Crippen molar-refractivity contribution in [3.63, 3.8) is 0 Å². The lowest BCUT2D eigenvalue weighted by molar-refractivity contribution is 0.234. The van der Waals surface area contributed by atoms with Gasteiger partial charge in [-0.25, -0.2) is 13.4 Å². The SMILES string of the molecule is O=S(=O)(c1ccc(NCCCc2ncn[nH]2)cc1)C(F)F. The van der Waals surface area contributed by atoms with Crippen LogP contribution in [0.2, 0.25) is 0 Å². The normalized spacial score (nSPS) is 11.8. The number of halogens is 2. The number of alkyl halides is 2. The molecule has 0 aliphatic heterocycles. The van der Waals surface area contributed by atoms with Crippen LogP contribution in [-0.2, 0) is 16.3 Å². The molecule has 114 valence electrons. The van der Waals surface area contributed by atoms with Crippen LogP contribution in [0, 0.1) is 0 Å². The molecule has 6 nitrogen and oxygen atoms in total. The predicted molar refractivity (Wildman–Crippen MR) is 72.8 cm³/mol. The van der Waals surface area contributed by atoms with E-state index in [0.29, 0.717) is 12.2 Å². The van der Waals surface area contributed by atoms with Crippen molar-refractivity contribution in [1.82, 2.24) is 15.2 Å². The van der Waals surface area contributed by atoms with Gasteiger partial charge in [0, 0.05) is 18.7 Å². The van der Waals surface area contributed by atoms with Crippen LogP contribution in [0.25, 0.3) is 0 Å². The summed E-state index contributed by atoms with van der Waals surface area (Å²) in [5.74, 6) is -2.62. The standard InChI is InChI=1S/C12H14F2N4O2S/c13-12(14)21(19,20)10-5-3-9(4-6-10)15-7-1-2-11-16-8-17-18-11/h3-6,8,12,15H,1-2,7H2,(H,16,17,18). The molecular formula is C12H14F2N4O2S. The molecule has 0 atom stereocenters. The van der Waals surface area contributed by atoms with E-state index in [1.807, 2.05) is 0 Å². The smallest absolute Gasteiger partial charge is 0.341 e. The predicted octanol–water partition coefficient (Wildman–Crippen LogP) is 1.85. The molecule has 0 amide bonds. The third kappa shape index (κ3) is 3.97. The number of nitrogens with zero attached hydrogens (tertiary/aromatic N) is 2. The van der Waals surface area contributed by atoms with Crippen LogP contribution in [-0.4, -0.2) is 35.9 Å². The molecule has 9 heteroatoms. The van der Waals surface area contributed by atoms with Crippen molar-refractivity contribution in [2.75, 3.05) is 11.9 Å². The van der Waals surface area contributed by atoms with E-state index >= 15 is 0 Å². The van der Waals surface area contributed by atoms with Gasteiger partial charge >= 0.3 is 5.76 Å². The Kier molecular flexibility index (Phi) is 4.84. The number of rotatable bonds is 7. The lowest BCUT2D eigenvalue weighted by atomic mass is 10.2. The zero-order chi connectivity index (χ0) is 15.3. The van der Waals surface area contributed by atoms with Gasteiger partial charge < -0.3 is 5.32 Å². The molecule has 1 heterocycles. The van der Waals surface area contributed by atoms with Crippen molar-refractivity contribution < 1.29 is 17.2 Å². The zero-order valence-corrected chi connectivity index (χ0v) is 11.8. The number of sulfone groups is 1. The number of anilines is 1. The number of hydrogen-bond acceptors (Lipinski definition) is 5. The summed E-state index contributed by atoms with van der Waals surface area (Å²) in [5.41, 5.74) is 0.667. The molecule has 0 aliphatic rings.